The van der Waals surface area contributed by atoms with Crippen LogP contribution in [0, 0.1) is 0 Å². The van der Waals surface area contributed by atoms with Crippen LogP contribution in [0.5, 0.6) is 5.75 Å². The number of alkyl halides is 6. The predicted molar refractivity (Wildman–Crippen MR) is 91.2 cm³/mol. The van der Waals surface area contributed by atoms with Crippen molar-refractivity contribution in [1.82, 2.24) is 5.32 Å². The van der Waals surface area contributed by atoms with Crippen molar-refractivity contribution in [3.8, 4) is 5.75 Å². The third-order valence-corrected chi connectivity index (χ3v) is 3.78. The predicted octanol–water partition coefficient (Wildman–Crippen LogP) is 3.09. The summed E-state index contributed by atoms with van der Waals surface area (Å²) in [7, 11) is 0. The van der Waals surface area contributed by atoms with Gasteiger partial charge in [0, 0.05) is 5.69 Å². The topological polar surface area (TPSA) is 87.7 Å². The molecule has 1 atom stereocenters. The molecule has 3 N–H and O–H groups in total. The molecule has 0 unspecified atom stereocenters. The van der Waals surface area contributed by atoms with Gasteiger partial charge in [-0.25, -0.2) is 0 Å². The zero-order chi connectivity index (χ0) is 22.6. The van der Waals surface area contributed by atoms with E-state index in [-0.39, 0.29) is 5.69 Å². The molecule has 162 valence electrons. The molecule has 0 saturated carbocycles. The Hall–Kier alpha value is -3.28. The molecule has 2 aromatic carbocycles. The van der Waals surface area contributed by atoms with E-state index in [9.17, 15) is 41.0 Å². The van der Waals surface area contributed by atoms with Gasteiger partial charge in [-0.1, -0.05) is 30.3 Å². The Morgan fingerprint density at radius 3 is 1.93 bits per heavy atom. The lowest BCUT2D eigenvalue weighted by atomic mass is 9.93. The summed E-state index contributed by atoms with van der Waals surface area (Å²) in [6, 6.07) is 9.65. The van der Waals surface area contributed by atoms with Crippen LogP contribution in [0.1, 0.15) is 5.56 Å². The zero-order valence-corrected chi connectivity index (χ0v) is 14.8. The highest BCUT2D eigenvalue weighted by molar-refractivity contribution is 6.39. The van der Waals surface area contributed by atoms with Crippen molar-refractivity contribution in [2.24, 2.45) is 0 Å². The number of anilines is 1. The smallest absolute Gasteiger partial charge is 0.406 e. The third-order valence-electron chi connectivity index (χ3n) is 3.78. The Morgan fingerprint density at radius 1 is 0.867 bits per heavy atom. The Morgan fingerprint density at radius 2 is 1.43 bits per heavy atom. The maximum Gasteiger partial charge on any atom is 0.573 e. The molecule has 0 bridgehead atoms. The molecule has 0 aliphatic carbocycles. The number of aliphatic hydroxyl groups is 1. The first-order chi connectivity index (χ1) is 13.8. The van der Waals surface area contributed by atoms with Gasteiger partial charge in [-0.2, -0.15) is 13.2 Å². The first-order valence-electron chi connectivity index (χ1n) is 8.11. The van der Waals surface area contributed by atoms with E-state index in [1.807, 2.05) is 5.32 Å². The van der Waals surface area contributed by atoms with Crippen molar-refractivity contribution in [2.75, 3.05) is 11.9 Å². The molecule has 2 rings (SSSR count). The fourth-order valence-electron chi connectivity index (χ4n) is 2.30. The van der Waals surface area contributed by atoms with Gasteiger partial charge in [0.25, 0.3) is 0 Å². The third kappa shape index (κ3) is 5.86. The van der Waals surface area contributed by atoms with Gasteiger partial charge in [0.1, 0.15) is 5.75 Å². The number of amides is 2. The number of carbonyl (C=O) groups excluding carboxylic acids is 2. The van der Waals surface area contributed by atoms with Crippen LogP contribution >= 0.6 is 0 Å². The van der Waals surface area contributed by atoms with Crippen molar-refractivity contribution in [3.05, 3.63) is 60.2 Å². The quantitative estimate of drug-likeness (QED) is 0.497. The first kappa shape index (κ1) is 23.0. The molecule has 0 heterocycles. The van der Waals surface area contributed by atoms with Gasteiger partial charge in [0.05, 0.1) is 6.54 Å². The normalized spacial score (nSPS) is 13.8. The van der Waals surface area contributed by atoms with E-state index in [1.54, 1.807) is 5.32 Å². The molecule has 0 aromatic heterocycles. The van der Waals surface area contributed by atoms with Gasteiger partial charge < -0.3 is 20.5 Å². The van der Waals surface area contributed by atoms with Crippen molar-refractivity contribution in [3.63, 3.8) is 0 Å². The molecule has 2 amide bonds. The van der Waals surface area contributed by atoms with Gasteiger partial charge in [-0.15, -0.1) is 13.2 Å². The standard InChI is InChI=1S/C18H14F6N2O4/c19-17(20,21)16(29,11-4-2-1-3-5-11)10-25-14(27)15(28)26-12-6-8-13(9-7-12)30-18(22,23)24/h1-9,29H,10H2,(H,25,27)(H,26,28)/t16-/m1/s1. The lowest BCUT2D eigenvalue weighted by molar-refractivity contribution is -0.274. The highest BCUT2D eigenvalue weighted by Crippen LogP contribution is 2.38. The van der Waals surface area contributed by atoms with Gasteiger partial charge in [0.15, 0.2) is 0 Å². The lowest BCUT2D eigenvalue weighted by Gasteiger charge is -2.31. The van der Waals surface area contributed by atoms with E-state index >= 15 is 0 Å². The number of ether oxygens (including phenoxy) is 1. The lowest BCUT2D eigenvalue weighted by Crippen LogP contribution is -2.52. The Balaban J connectivity index is 2.02. The number of carbonyl (C=O) groups is 2. The highest BCUT2D eigenvalue weighted by Gasteiger charge is 2.55. The van der Waals surface area contributed by atoms with E-state index in [4.69, 9.17) is 0 Å². The maximum atomic E-state index is 13.3. The monoisotopic (exact) mass is 436 g/mol. The summed E-state index contributed by atoms with van der Waals surface area (Å²) in [5.74, 6) is -3.47. The van der Waals surface area contributed by atoms with E-state index in [0.29, 0.717) is 0 Å². The number of hydrogen-bond acceptors (Lipinski definition) is 4. The molecule has 2 aromatic rings. The summed E-state index contributed by atoms with van der Waals surface area (Å²) in [6.45, 7) is -1.34. The second-order valence-corrected chi connectivity index (χ2v) is 5.93. The van der Waals surface area contributed by atoms with Crippen molar-refractivity contribution in [2.45, 2.75) is 18.1 Å². The molecular formula is C18H14F6N2O4. The number of halogens is 6. The van der Waals surface area contributed by atoms with Gasteiger partial charge in [0.2, 0.25) is 5.60 Å². The van der Waals surface area contributed by atoms with Crippen LogP contribution in [-0.2, 0) is 15.2 Å². The Labute approximate surface area is 165 Å². The maximum absolute atomic E-state index is 13.3. The van der Waals surface area contributed by atoms with Crippen LogP contribution in [0.4, 0.5) is 32.0 Å². The van der Waals surface area contributed by atoms with Gasteiger partial charge >= 0.3 is 24.4 Å². The summed E-state index contributed by atoms with van der Waals surface area (Å²) in [6.07, 6.45) is -10.1. The summed E-state index contributed by atoms with van der Waals surface area (Å²) in [4.78, 5) is 23.7. The minimum absolute atomic E-state index is 0.112. The van der Waals surface area contributed by atoms with Crippen molar-refractivity contribution < 1.29 is 45.8 Å². The highest BCUT2D eigenvalue weighted by atomic mass is 19.4. The van der Waals surface area contributed by atoms with Crippen LogP contribution in [0.15, 0.2) is 54.6 Å². The average Bonchev–Trinajstić information content (AvgIpc) is 2.66. The van der Waals surface area contributed by atoms with E-state index < -0.39 is 47.8 Å². The largest absolute Gasteiger partial charge is 0.573 e. The molecular weight excluding hydrogens is 422 g/mol. The van der Waals surface area contributed by atoms with Crippen molar-refractivity contribution >= 4 is 17.5 Å². The molecule has 0 fully saturated rings. The molecule has 0 spiro atoms. The molecule has 30 heavy (non-hydrogen) atoms. The SMILES string of the molecule is O=C(NC[C@@](O)(c1ccccc1)C(F)(F)F)C(=O)Nc1ccc(OC(F)(F)F)cc1. The fraction of sp³-hybridized carbons (Fsp3) is 0.222. The molecule has 0 radical (unpaired) electrons. The van der Waals surface area contributed by atoms with Crippen LogP contribution in [0.2, 0.25) is 0 Å². The zero-order valence-electron chi connectivity index (χ0n) is 14.8. The van der Waals surface area contributed by atoms with Crippen LogP contribution in [0.3, 0.4) is 0 Å². The molecule has 6 nitrogen and oxygen atoms in total. The second-order valence-electron chi connectivity index (χ2n) is 5.93. The van der Waals surface area contributed by atoms with Crippen LogP contribution in [0.25, 0.3) is 0 Å². The molecule has 12 heteroatoms. The van der Waals surface area contributed by atoms with E-state index in [0.717, 1.165) is 36.4 Å². The van der Waals surface area contributed by atoms with E-state index in [2.05, 4.69) is 4.74 Å². The number of rotatable bonds is 5. The van der Waals surface area contributed by atoms with E-state index in [1.165, 1.54) is 18.2 Å². The summed E-state index contributed by atoms with van der Waals surface area (Å²) >= 11 is 0. The van der Waals surface area contributed by atoms with Crippen LogP contribution in [-0.4, -0.2) is 36.0 Å². The summed E-state index contributed by atoms with van der Waals surface area (Å²) in [5, 5.41) is 13.8. The minimum Gasteiger partial charge on any atom is -0.406 e. The summed E-state index contributed by atoms with van der Waals surface area (Å²) in [5.41, 5.74) is -4.10. The second kappa shape index (κ2) is 8.61. The fourth-order valence-corrected chi connectivity index (χ4v) is 2.30. The van der Waals surface area contributed by atoms with Crippen LogP contribution < -0.4 is 15.4 Å². The average molecular weight is 436 g/mol. The van der Waals surface area contributed by atoms with Gasteiger partial charge in [-0.05, 0) is 29.8 Å². The minimum atomic E-state index is -5.16. The summed E-state index contributed by atoms with van der Waals surface area (Å²) < 4.78 is 80.0. The first-order valence-corrected chi connectivity index (χ1v) is 8.11. The molecule has 0 aliphatic rings. The number of hydrogen-bond donors (Lipinski definition) is 3. The molecule has 0 aliphatic heterocycles. The number of benzene rings is 2. The Bertz CT molecular complexity index is 884. The number of nitrogens with one attached hydrogen (secondary N) is 2. The Kier molecular flexibility index (Phi) is 6.60. The van der Waals surface area contributed by atoms with Crippen molar-refractivity contribution in [1.29, 1.82) is 0 Å². The van der Waals surface area contributed by atoms with Gasteiger partial charge in [-0.3, -0.25) is 9.59 Å². The molecule has 0 saturated heterocycles.